The summed E-state index contributed by atoms with van der Waals surface area (Å²) in [6, 6.07) is 3.68. The molecule has 0 aliphatic rings. The average molecular weight is 302 g/mol. The molecule has 1 rings (SSSR count). The van der Waals surface area contributed by atoms with Crippen LogP contribution in [-0.2, 0) is 19.6 Å². The summed E-state index contributed by atoms with van der Waals surface area (Å²) in [5, 5.41) is 17.4. The van der Waals surface area contributed by atoms with Gasteiger partial charge in [0.05, 0.1) is 4.90 Å². The lowest BCUT2D eigenvalue weighted by Crippen LogP contribution is -2.41. The quantitative estimate of drug-likeness (QED) is 0.513. The zero-order chi connectivity index (χ0) is 15.3. The Morgan fingerprint density at radius 3 is 2.20 bits per heavy atom. The lowest BCUT2D eigenvalue weighted by atomic mass is 10.2. The van der Waals surface area contributed by atoms with Crippen molar-refractivity contribution in [3.05, 3.63) is 24.3 Å². The Balaban J connectivity index is 2.88. The first-order valence-electron chi connectivity index (χ1n) is 5.55. The minimum absolute atomic E-state index is 0.145. The summed E-state index contributed by atoms with van der Waals surface area (Å²) in [4.78, 5) is 21.2. The maximum atomic E-state index is 11.9. The first-order valence-corrected chi connectivity index (χ1v) is 7.03. The Morgan fingerprint density at radius 2 is 1.75 bits per heavy atom. The van der Waals surface area contributed by atoms with Crippen LogP contribution in [0.3, 0.4) is 0 Å². The van der Waals surface area contributed by atoms with Crippen LogP contribution >= 0.6 is 0 Å². The minimum Gasteiger partial charge on any atom is -0.481 e. The molecule has 0 saturated heterocycles. The summed E-state index contributed by atoms with van der Waals surface area (Å²) in [7, 11) is -4.05. The van der Waals surface area contributed by atoms with Crippen molar-refractivity contribution in [3.8, 4) is 0 Å². The van der Waals surface area contributed by atoms with Gasteiger partial charge in [-0.15, -0.1) is 0 Å². The number of carboxylic acids is 2. The van der Waals surface area contributed by atoms with Gasteiger partial charge in [-0.25, -0.2) is 8.42 Å². The smallest absolute Gasteiger partial charge is 0.321 e. The van der Waals surface area contributed by atoms with E-state index in [1.165, 1.54) is 24.3 Å². The van der Waals surface area contributed by atoms with E-state index in [4.69, 9.17) is 15.9 Å². The first kappa shape index (κ1) is 15.9. The molecule has 0 unspecified atom stereocenters. The molecule has 0 amide bonds. The number of carbonyl (C=O) groups is 2. The van der Waals surface area contributed by atoms with Gasteiger partial charge in [0.25, 0.3) is 0 Å². The highest BCUT2D eigenvalue weighted by Gasteiger charge is 2.25. The van der Waals surface area contributed by atoms with Gasteiger partial charge < -0.3 is 15.9 Å². The summed E-state index contributed by atoms with van der Waals surface area (Å²) >= 11 is 0. The molecular weight excluding hydrogens is 288 g/mol. The van der Waals surface area contributed by atoms with Gasteiger partial charge in [0.15, 0.2) is 0 Å². The molecule has 1 aromatic rings. The van der Waals surface area contributed by atoms with Gasteiger partial charge in [0.1, 0.15) is 6.04 Å². The van der Waals surface area contributed by atoms with Crippen molar-refractivity contribution in [1.82, 2.24) is 4.72 Å². The largest absolute Gasteiger partial charge is 0.481 e. The van der Waals surface area contributed by atoms with Crippen molar-refractivity contribution in [2.75, 3.05) is 5.73 Å². The molecule has 20 heavy (non-hydrogen) atoms. The number of hydrogen-bond donors (Lipinski definition) is 4. The van der Waals surface area contributed by atoms with Crippen molar-refractivity contribution in [2.45, 2.75) is 23.8 Å². The number of nitrogens with one attached hydrogen (secondary N) is 1. The Labute approximate surface area is 115 Å². The monoisotopic (exact) mass is 302 g/mol. The molecule has 0 aromatic heterocycles. The molecule has 0 spiro atoms. The molecule has 0 fully saturated rings. The first-order chi connectivity index (χ1) is 9.22. The fourth-order valence-corrected chi connectivity index (χ4v) is 2.63. The van der Waals surface area contributed by atoms with Gasteiger partial charge in [-0.05, 0) is 30.7 Å². The Morgan fingerprint density at radius 1 is 1.20 bits per heavy atom. The molecule has 1 aromatic carbocycles. The fraction of sp³-hybridized carbons (Fsp3) is 0.273. The summed E-state index contributed by atoms with van der Waals surface area (Å²) < 4.78 is 25.8. The van der Waals surface area contributed by atoms with Crippen LogP contribution in [0, 0.1) is 0 Å². The number of nitrogen functional groups attached to an aromatic ring is 1. The van der Waals surface area contributed by atoms with Gasteiger partial charge in [0, 0.05) is 12.1 Å². The van der Waals surface area contributed by atoms with Gasteiger partial charge in [0.2, 0.25) is 10.0 Å². The molecule has 0 aliphatic carbocycles. The molecule has 0 saturated carbocycles. The summed E-state index contributed by atoms with van der Waals surface area (Å²) in [5.74, 6) is -2.65. The average Bonchev–Trinajstić information content (AvgIpc) is 2.34. The van der Waals surface area contributed by atoms with E-state index >= 15 is 0 Å². The normalized spacial score (nSPS) is 12.8. The zero-order valence-corrected chi connectivity index (χ0v) is 11.1. The van der Waals surface area contributed by atoms with Crippen LogP contribution in [0.25, 0.3) is 0 Å². The minimum atomic E-state index is -4.05. The standard InChI is InChI=1S/C11H14N2O6S/c12-7-1-3-8(4-2-7)20(18,19)13-9(11(16)17)5-6-10(14)15/h1-4,9,13H,5-6,12H2,(H,14,15)(H,16,17)/t9-/m0/s1. The molecule has 1 atom stereocenters. The van der Waals surface area contributed by atoms with Gasteiger partial charge in [-0.1, -0.05) is 0 Å². The van der Waals surface area contributed by atoms with Crippen molar-refractivity contribution in [2.24, 2.45) is 0 Å². The lowest BCUT2D eigenvalue weighted by molar-refractivity contribution is -0.140. The molecule has 0 heterocycles. The van der Waals surface area contributed by atoms with Gasteiger partial charge in [-0.2, -0.15) is 4.72 Å². The molecule has 0 radical (unpaired) electrons. The molecule has 110 valence electrons. The maximum Gasteiger partial charge on any atom is 0.321 e. The van der Waals surface area contributed by atoms with E-state index in [0.29, 0.717) is 5.69 Å². The van der Waals surface area contributed by atoms with E-state index in [1.54, 1.807) is 0 Å². The molecule has 8 nitrogen and oxygen atoms in total. The maximum absolute atomic E-state index is 11.9. The van der Waals surface area contributed by atoms with Crippen LogP contribution in [0.5, 0.6) is 0 Å². The molecule has 0 bridgehead atoms. The van der Waals surface area contributed by atoms with Crippen LogP contribution < -0.4 is 10.5 Å². The van der Waals surface area contributed by atoms with E-state index in [9.17, 15) is 18.0 Å². The van der Waals surface area contributed by atoms with Crippen LogP contribution in [0.2, 0.25) is 0 Å². The van der Waals surface area contributed by atoms with Crippen LogP contribution in [0.1, 0.15) is 12.8 Å². The SMILES string of the molecule is Nc1ccc(S(=O)(=O)N[C@@H](CCC(=O)O)C(=O)O)cc1. The second-order valence-corrected chi connectivity index (χ2v) is 5.73. The van der Waals surface area contributed by atoms with Gasteiger partial charge >= 0.3 is 11.9 Å². The molecule has 5 N–H and O–H groups in total. The topological polar surface area (TPSA) is 147 Å². The number of aliphatic carboxylic acids is 2. The second-order valence-electron chi connectivity index (χ2n) is 4.01. The number of sulfonamides is 1. The number of hydrogen-bond acceptors (Lipinski definition) is 5. The highest BCUT2D eigenvalue weighted by atomic mass is 32.2. The van der Waals surface area contributed by atoms with Gasteiger partial charge in [-0.3, -0.25) is 9.59 Å². The zero-order valence-electron chi connectivity index (χ0n) is 10.3. The summed E-state index contributed by atoms with van der Waals surface area (Å²) in [5.41, 5.74) is 5.79. The van der Waals surface area contributed by atoms with E-state index in [1.807, 2.05) is 4.72 Å². The Kier molecular flexibility index (Phi) is 5.06. The van der Waals surface area contributed by atoms with Crippen LogP contribution in [-0.4, -0.2) is 36.6 Å². The van der Waals surface area contributed by atoms with E-state index in [0.717, 1.165) is 0 Å². The molecular formula is C11H14N2O6S. The van der Waals surface area contributed by atoms with Crippen LogP contribution in [0.15, 0.2) is 29.2 Å². The number of benzene rings is 1. The lowest BCUT2D eigenvalue weighted by Gasteiger charge is -2.14. The third-order valence-corrected chi connectivity index (χ3v) is 3.92. The van der Waals surface area contributed by atoms with Crippen molar-refractivity contribution < 1.29 is 28.2 Å². The van der Waals surface area contributed by atoms with E-state index < -0.39 is 34.4 Å². The van der Waals surface area contributed by atoms with Crippen molar-refractivity contribution >= 4 is 27.6 Å². The van der Waals surface area contributed by atoms with E-state index in [2.05, 4.69) is 0 Å². The number of carboxylic acid groups (broad SMARTS) is 2. The Hall–Kier alpha value is -2.13. The number of nitrogens with two attached hydrogens (primary N) is 1. The van der Waals surface area contributed by atoms with E-state index in [-0.39, 0.29) is 11.3 Å². The number of rotatable bonds is 7. The third kappa shape index (κ3) is 4.52. The van der Waals surface area contributed by atoms with Crippen molar-refractivity contribution in [1.29, 1.82) is 0 Å². The fourth-order valence-electron chi connectivity index (χ4n) is 1.40. The highest BCUT2D eigenvalue weighted by Crippen LogP contribution is 2.13. The molecule has 9 heteroatoms. The Bertz CT molecular complexity index is 596. The van der Waals surface area contributed by atoms with Crippen molar-refractivity contribution in [3.63, 3.8) is 0 Å². The highest BCUT2D eigenvalue weighted by molar-refractivity contribution is 7.89. The third-order valence-electron chi connectivity index (χ3n) is 2.43. The summed E-state index contributed by atoms with van der Waals surface area (Å²) in [6.45, 7) is 0. The van der Waals surface area contributed by atoms with Crippen LogP contribution in [0.4, 0.5) is 5.69 Å². The predicted molar refractivity (Wildman–Crippen MR) is 69.5 cm³/mol. The predicted octanol–water partition coefficient (Wildman–Crippen LogP) is -0.135. The number of anilines is 1. The summed E-state index contributed by atoms with van der Waals surface area (Å²) in [6.07, 6.45) is -0.805. The second kappa shape index (κ2) is 6.35. The molecule has 0 aliphatic heterocycles.